The molecule has 28 heavy (non-hydrogen) atoms. The molecule has 150 valence electrons. The summed E-state index contributed by atoms with van der Waals surface area (Å²) >= 11 is 0. The zero-order chi connectivity index (χ0) is 20.3. The van der Waals surface area contributed by atoms with Gasteiger partial charge in [-0.2, -0.15) is 9.37 Å². The maximum Gasteiger partial charge on any atom is 0.306 e. The van der Waals surface area contributed by atoms with Crippen LogP contribution in [0.25, 0.3) is 0 Å². The second kappa shape index (κ2) is 8.37. The molecule has 0 spiro atoms. The van der Waals surface area contributed by atoms with Gasteiger partial charge in [-0.05, 0) is 31.4 Å². The van der Waals surface area contributed by atoms with E-state index in [-0.39, 0.29) is 12.0 Å². The number of nitrogens with two attached hydrogens (primary N) is 1. The molecule has 0 amide bonds. The number of nitro benzene ring substituents is 1. The lowest BCUT2D eigenvalue weighted by molar-refractivity contribution is -0.387. The van der Waals surface area contributed by atoms with Crippen LogP contribution in [0.1, 0.15) is 31.9 Å². The number of aryl methyl sites for hydroxylation is 1. The molecular weight excluding hydrogens is 363 g/mol. The predicted molar refractivity (Wildman–Crippen MR) is 107 cm³/mol. The van der Waals surface area contributed by atoms with Crippen molar-refractivity contribution in [1.82, 2.24) is 9.97 Å². The van der Waals surface area contributed by atoms with Crippen LogP contribution in [0.15, 0.2) is 24.3 Å². The summed E-state index contributed by atoms with van der Waals surface area (Å²) in [4.78, 5) is 23.1. The molecule has 1 atom stereocenters. The van der Waals surface area contributed by atoms with E-state index < -0.39 is 16.4 Å². The van der Waals surface area contributed by atoms with Crippen LogP contribution in [0.4, 0.5) is 27.5 Å². The lowest BCUT2D eigenvalue weighted by Crippen LogP contribution is -2.34. The summed E-state index contributed by atoms with van der Waals surface area (Å²) in [6.07, 6.45) is 3.85. The first-order valence-corrected chi connectivity index (χ1v) is 9.44. The lowest BCUT2D eigenvalue weighted by atomic mass is 10.2. The summed E-state index contributed by atoms with van der Waals surface area (Å²) in [5, 5.41) is 11.0. The van der Waals surface area contributed by atoms with Crippen molar-refractivity contribution in [3.05, 3.63) is 45.9 Å². The van der Waals surface area contributed by atoms with Crippen LogP contribution in [0, 0.1) is 15.9 Å². The minimum absolute atomic E-state index is 0.125. The summed E-state index contributed by atoms with van der Waals surface area (Å²) in [7, 11) is 1.87. The van der Waals surface area contributed by atoms with E-state index in [1.165, 1.54) is 6.07 Å². The molecule has 0 aliphatic carbocycles. The Balaban J connectivity index is 1.74. The number of hydrogen-bond donors (Lipinski definition) is 1. The van der Waals surface area contributed by atoms with Gasteiger partial charge < -0.3 is 15.5 Å². The number of hydrogen-bond acceptors (Lipinski definition) is 7. The lowest BCUT2D eigenvalue weighted by Gasteiger charge is -2.27. The second-order valence-electron chi connectivity index (χ2n) is 7.07. The van der Waals surface area contributed by atoms with Crippen molar-refractivity contribution in [2.24, 2.45) is 0 Å². The Kier molecular flexibility index (Phi) is 5.91. The monoisotopic (exact) mass is 388 g/mol. The van der Waals surface area contributed by atoms with Gasteiger partial charge in [-0.15, -0.1) is 0 Å². The van der Waals surface area contributed by atoms with E-state index in [2.05, 4.69) is 21.8 Å². The van der Waals surface area contributed by atoms with Crippen LogP contribution in [0.2, 0.25) is 0 Å². The van der Waals surface area contributed by atoms with Crippen LogP contribution in [0.5, 0.6) is 0 Å². The minimum Gasteiger partial charge on any atom is -0.370 e. The zero-order valence-corrected chi connectivity index (χ0v) is 16.1. The van der Waals surface area contributed by atoms with Gasteiger partial charge in [0.15, 0.2) is 0 Å². The molecule has 2 aromatic rings. The van der Waals surface area contributed by atoms with Crippen molar-refractivity contribution < 1.29 is 9.31 Å². The SMILES string of the molecule is CCCCc1cc(N2CC[C@H](N(C)c3ccc(F)c([N+](=O)[O-])c3)C2)nc(N)n1. The minimum atomic E-state index is -0.828. The first-order valence-electron chi connectivity index (χ1n) is 9.44. The molecule has 0 bridgehead atoms. The molecule has 1 aromatic carbocycles. The van der Waals surface area contributed by atoms with Crippen molar-refractivity contribution in [2.75, 3.05) is 35.7 Å². The maximum atomic E-state index is 13.6. The molecule has 0 saturated carbocycles. The highest BCUT2D eigenvalue weighted by Gasteiger charge is 2.28. The number of nitro groups is 1. The second-order valence-corrected chi connectivity index (χ2v) is 7.07. The highest BCUT2D eigenvalue weighted by atomic mass is 19.1. The Bertz CT molecular complexity index is 862. The van der Waals surface area contributed by atoms with Gasteiger partial charge in [-0.3, -0.25) is 10.1 Å². The van der Waals surface area contributed by atoms with Crippen LogP contribution in [-0.4, -0.2) is 41.1 Å². The molecule has 2 N–H and O–H groups in total. The Labute approximate surface area is 163 Å². The van der Waals surface area contributed by atoms with E-state index in [4.69, 9.17) is 5.73 Å². The molecule has 1 fully saturated rings. The molecule has 1 saturated heterocycles. The molecule has 1 aliphatic rings. The Morgan fingerprint density at radius 1 is 1.39 bits per heavy atom. The number of benzene rings is 1. The molecule has 0 radical (unpaired) electrons. The summed E-state index contributed by atoms with van der Waals surface area (Å²) in [5.41, 5.74) is 6.93. The van der Waals surface area contributed by atoms with Crippen molar-refractivity contribution in [3.8, 4) is 0 Å². The number of unbranched alkanes of at least 4 members (excludes halogenated alkanes) is 1. The predicted octanol–water partition coefficient (Wildman–Crippen LogP) is 3.16. The number of nitrogen functional groups attached to an aromatic ring is 1. The molecule has 9 heteroatoms. The van der Waals surface area contributed by atoms with Gasteiger partial charge in [0.2, 0.25) is 11.8 Å². The van der Waals surface area contributed by atoms with Gasteiger partial charge in [0, 0.05) is 49.7 Å². The van der Waals surface area contributed by atoms with Crippen LogP contribution < -0.4 is 15.5 Å². The highest BCUT2D eigenvalue weighted by molar-refractivity contribution is 5.55. The van der Waals surface area contributed by atoms with Gasteiger partial charge in [0.1, 0.15) is 5.82 Å². The van der Waals surface area contributed by atoms with E-state index in [1.807, 2.05) is 18.0 Å². The number of anilines is 3. The Morgan fingerprint density at radius 2 is 2.18 bits per heavy atom. The molecule has 1 aromatic heterocycles. The summed E-state index contributed by atoms with van der Waals surface area (Å²) < 4.78 is 13.6. The Hall–Kier alpha value is -2.97. The fourth-order valence-electron chi connectivity index (χ4n) is 3.49. The number of rotatable bonds is 7. The largest absolute Gasteiger partial charge is 0.370 e. The molecule has 1 aliphatic heterocycles. The number of aromatic nitrogens is 2. The van der Waals surface area contributed by atoms with Gasteiger partial charge in [0.05, 0.1) is 4.92 Å². The van der Waals surface area contributed by atoms with E-state index in [9.17, 15) is 14.5 Å². The zero-order valence-electron chi connectivity index (χ0n) is 16.1. The first-order chi connectivity index (χ1) is 13.4. The van der Waals surface area contributed by atoms with Crippen molar-refractivity contribution >= 4 is 23.1 Å². The van der Waals surface area contributed by atoms with Gasteiger partial charge in [-0.1, -0.05) is 13.3 Å². The fraction of sp³-hybridized carbons (Fsp3) is 0.474. The average molecular weight is 388 g/mol. The number of likely N-dealkylation sites (N-methyl/N-ethyl adjacent to an activating group) is 1. The third-order valence-electron chi connectivity index (χ3n) is 5.14. The normalized spacial score (nSPS) is 16.4. The standard InChI is InChI=1S/C19H25FN6O2/c1-3-4-5-13-10-18(23-19(21)22-13)25-9-8-15(12-25)24(2)14-6-7-16(20)17(11-14)26(27)28/h6-7,10-11,15H,3-5,8-9,12H2,1-2H3,(H2,21,22,23)/t15-/m0/s1. The van der Waals surface area contributed by atoms with E-state index in [0.717, 1.165) is 49.8 Å². The third kappa shape index (κ3) is 4.29. The molecule has 8 nitrogen and oxygen atoms in total. The molecule has 0 unspecified atom stereocenters. The summed E-state index contributed by atoms with van der Waals surface area (Å²) in [6, 6.07) is 6.10. The first kappa shape index (κ1) is 19.8. The van der Waals surface area contributed by atoms with E-state index >= 15 is 0 Å². The molecule has 3 rings (SSSR count). The van der Waals surface area contributed by atoms with Crippen molar-refractivity contribution in [2.45, 2.75) is 38.6 Å². The van der Waals surface area contributed by atoms with E-state index in [0.29, 0.717) is 12.2 Å². The average Bonchev–Trinajstić information content (AvgIpc) is 3.16. The molecular formula is C19H25FN6O2. The summed E-state index contributed by atoms with van der Waals surface area (Å²) in [6.45, 7) is 3.62. The van der Waals surface area contributed by atoms with Gasteiger partial charge in [-0.25, -0.2) is 4.98 Å². The number of halogens is 1. The quantitative estimate of drug-likeness (QED) is 0.574. The fourth-order valence-corrected chi connectivity index (χ4v) is 3.49. The van der Waals surface area contributed by atoms with Crippen LogP contribution in [-0.2, 0) is 6.42 Å². The third-order valence-corrected chi connectivity index (χ3v) is 5.14. The summed E-state index contributed by atoms with van der Waals surface area (Å²) in [5.74, 6) is 0.250. The van der Waals surface area contributed by atoms with Crippen molar-refractivity contribution in [1.29, 1.82) is 0 Å². The number of nitrogens with zero attached hydrogens (tertiary/aromatic N) is 5. The topological polar surface area (TPSA) is 101 Å². The van der Waals surface area contributed by atoms with Crippen LogP contribution in [0.3, 0.4) is 0 Å². The van der Waals surface area contributed by atoms with Gasteiger partial charge >= 0.3 is 5.69 Å². The van der Waals surface area contributed by atoms with Crippen molar-refractivity contribution in [3.63, 3.8) is 0 Å². The van der Waals surface area contributed by atoms with E-state index in [1.54, 1.807) is 6.07 Å². The Morgan fingerprint density at radius 3 is 2.89 bits per heavy atom. The molecule has 2 heterocycles. The van der Waals surface area contributed by atoms with Gasteiger partial charge in [0.25, 0.3) is 0 Å². The maximum absolute atomic E-state index is 13.6. The van der Waals surface area contributed by atoms with Crippen LogP contribution >= 0.6 is 0 Å². The smallest absolute Gasteiger partial charge is 0.306 e. The highest BCUT2D eigenvalue weighted by Crippen LogP contribution is 2.29.